The van der Waals surface area contributed by atoms with Crippen LogP contribution < -0.4 is 11.1 Å². The lowest BCUT2D eigenvalue weighted by Gasteiger charge is -2.07. The zero-order valence-electron chi connectivity index (χ0n) is 6.27. The Bertz CT molecular complexity index is 357. The topological polar surface area (TPSA) is 38.0 Å². The van der Waals surface area contributed by atoms with Gasteiger partial charge in [0, 0.05) is 4.47 Å². The standard InChI is InChI=1S/C7H5BrCl2N2S/c8-3-1-5(10)6(2-4(3)9)12-7(11)13/h1-2H,(H3,11,12,13). The quantitative estimate of drug-likeness (QED) is 0.616. The van der Waals surface area contributed by atoms with Crippen LogP contribution >= 0.6 is 51.3 Å². The first kappa shape index (κ1) is 11.0. The number of hydrogen-bond donors (Lipinski definition) is 2. The van der Waals surface area contributed by atoms with E-state index in [0.717, 1.165) is 4.47 Å². The number of nitrogens with one attached hydrogen (secondary N) is 1. The Kier molecular flexibility index (Phi) is 3.79. The van der Waals surface area contributed by atoms with E-state index < -0.39 is 0 Å². The van der Waals surface area contributed by atoms with Crippen LogP contribution in [0, 0.1) is 0 Å². The van der Waals surface area contributed by atoms with Crippen LogP contribution in [0.3, 0.4) is 0 Å². The Morgan fingerprint density at radius 1 is 1.38 bits per heavy atom. The van der Waals surface area contributed by atoms with E-state index >= 15 is 0 Å². The lowest BCUT2D eigenvalue weighted by Crippen LogP contribution is -2.19. The molecule has 1 rings (SSSR count). The molecule has 6 heteroatoms. The van der Waals surface area contributed by atoms with Crippen molar-refractivity contribution in [2.75, 3.05) is 5.32 Å². The molecule has 0 unspecified atom stereocenters. The number of hydrogen-bond acceptors (Lipinski definition) is 1. The number of halogens is 3. The fourth-order valence-corrected chi connectivity index (χ4v) is 1.71. The minimum absolute atomic E-state index is 0.153. The maximum atomic E-state index is 5.88. The minimum Gasteiger partial charge on any atom is -0.376 e. The Balaban J connectivity index is 3.08. The molecule has 2 nitrogen and oxygen atoms in total. The van der Waals surface area contributed by atoms with Crippen molar-refractivity contribution in [2.24, 2.45) is 5.73 Å². The molecule has 0 aromatic heterocycles. The minimum atomic E-state index is 0.153. The van der Waals surface area contributed by atoms with Crippen molar-refractivity contribution in [2.45, 2.75) is 0 Å². The van der Waals surface area contributed by atoms with E-state index in [1.807, 2.05) is 0 Å². The van der Waals surface area contributed by atoms with Crippen molar-refractivity contribution in [3.63, 3.8) is 0 Å². The van der Waals surface area contributed by atoms with Gasteiger partial charge in [-0.25, -0.2) is 0 Å². The zero-order valence-corrected chi connectivity index (χ0v) is 10.2. The zero-order chi connectivity index (χ0) is 10.0. The van der Waals surface area contributed by atoms with Crippen LogP contribution in [0.15, 0.2) is 16.6 Å². The van der Waals surface area contributed by atoms with Gasteiger partial charge in [-0.2, -0.15) is 0 Å². The third-order valence-electron chi connectivity index (χ3n) is 1.27. The molecule has 0 saturated heterocycles. The van der Waals surface area contributed by atoms with E-state index in [4.69, 9.17) is 28.9 Å². The normalized spacial score (nSPS) is 9.77. The van der Waals surface area contributed by atoms with Gasteiger partial charge in [-0.3, -0.25) is 0 Å². The third-order valence-corrected chi connectivity index (χ3v) is 2.88. The van der Waals surface area contributed by atoms with Gasteiger partial charge in [0.05, 0.1) is 15.7 Å². The molecule has 1 aromatic rings. The van der Waals surface area contributed by atoms with Crippen LogP contribution in [0.2, 0.25) is 10.0 Å². The summed E-state index contributed by atoms with van der Waals surface area (Å²) in [6.45, 7) is 0. The SMILES string of the molecule is NC(=S)Nc1cc(Cl)c(Br)cc1Cl. The van der Waals surface area contributed by atoms with E-state index in [2.05, 4.69) is 33.5 Å². The van der Waals surface area contributed by atoms with Gasteiger partial charge in [0.25, 0.3) is 0 Å². The second-order valence-electron chi connectivity index (χ2n) is 2.24. The highest BCUT2D eigenvalue weighted by molar-refractivity contribution is 9.10. The molecule has 70 valence electrons. The van der Waals surface area contributed by atoms with Crippen molar-refractivity contribution in [3.05, 3.63) is 26.7 Å². The maximum Gasteiger partial charge on any atom is 0.168 e. The smallest absolute Gasteiger partial charge is 0.168 e. The fraction of sp³-hybridized carbons (Fsp3) is 0. The summed E-state index contributed by atoms with van der Waals surface area (Å²) in [5.74, 6) is 0. The fourth-order valence-electron chi connectivity index (χ4n) is 0.751. The predicted octanol–water partition coefficient (Wildman–Crippen LogP) is 3.41. The van der Waals surface area contributed by atoms with Crippen LogP contribution in [0.1, 0.15) is 0 Å². The third kappa shape index (κ3) is 2.98. The van der Waals surface area contributed by atoms with Crippen molar-refractivity contribution >= 4 is 62.1 Å². The average Bonchev–Trinajstić information content (AvgIpc) is 1.99. The maximum absolute atomic E-state index is 5.88. The molecule has 3 N–H and O–H groups in total. The lowest BCUT2D eigenvalue weighted by atomic mass is 10.3. The summed E-state index contributed by atoms with van der Waals surface area (Å²) in [5.41, 5.74) is 5.89. The molecule has 0 fully saturated rings. The number of thiocarbonyl (C=S) groups is 1. The van der Waals surface area contributed by atoms with Crippen molar-refractivity contribution < 1.29 is 0 Å². The highest BCUT2D eigenvalue weighted by Gasteiger charge is 2.05. The van der Waals surface area contributed by atoms with Gasteiger partial charge in [-0.05, 0) is 40.3 Å². The van der Waals surface area contributed by atoms with Gasteiger partial charge in [-0.1, -0.05) is 23.2 Å². The molecule has 0 aliphatic rings. The summed E-state index contributed by atoms with van der Waals surface area (Å²) in [6.07, 6.45) is 0. The number of benzene rings is 1. The van der Waals surface area contributed by atoms with E-state index in [-0.39, 0.29) is 5.11 Å². The van der Waals surface area contributed by atoms with Gasteiger partial charge in [0.2, 0.25) is 0 Å². The summed E-state index contributed by atoms with van der Waals surface area (Å²) >= 11 is 19.6. The molecule has 0 aliphatic carbocycles. The molecule has 0 aliphatic heterocycles. The van der Waals surface area contributed by atoms with Gasteiger partial charge in [0.1, 0.15) is 0 Å². The van der Waals surface area contributed by atoms with Crippen LogP contribution in [-0.4, -0.2) is 5.11 Å². The Hall–Kier alpha value is -0.0300. The second kappa shape index (κ2) is 4.46. The molecular formula is C7H5BrCl2N2S. The number of rotatable bonds is 1. The molecule has 0 spiro atoms. The monoisotopic (exact) mass is 298 g/mol. The van der Waals surface area contributed by atoms with Gasteiger partial charge >= 0.3 is 0 Å². The molecule has 13 heavy (non-hydrogen) atoms. The summed E-state index contributed by atoms with van der Waals surface area (Å²) in [6, 6.07) is 3.32. The number of anilines is 1. The molecule has 0 radical (unpaired) electrons. The first-order valence-electron chi connectivity index (χ1n) is 3.21. The van der Waals surface area contributed by atoms with Gasteiger partial charge in [-0.15, -0.1) is 0 Å². The van der Waals surface area contributed by atoms with Crippen LogP contribution in [0.4, 0.5) is 5.69 Å². The molecule has 0 heterocycles. The van der Waals surface area contributed by atoms with Gasteiger partial charge < -0.3 is 11.1 Å². The van der Waals surface area contributed by atoms with E-state index in [1.54, 1.807) is 12.1 Å². The van der Waals surface area contributed by atoms with Gasteiger partial charge in [0.15, 0.2) is 5.11 Å². The average molecular weight is 300 g/mol. The molecule has 0 bridgehead atoms. The summed E-state index contributed by atoms with van der Waals surface area (Å²) in [7, 11) is 0. The van der Waals surface area contributed by atoms with E-state index in [0.29, 0.717) is 15.7 Å². The first-order valence-corrected chi connectivity index (χ1v) is 5.17. The molecule has 1 aromatic carbocycles. The predicted molar refractivity (Wildman–Crippen MR) is 64.6 cm³/mol. The van der Waals surface area contributed by atoms with Crippen molar-refractivity contribution in [1.82, 2.24) is 0 Å². The second-order valence-corrected chi connectivity index (χ2v) is 4.34. The van der Waals surface area contributed by atoms with Crippen LogP contribution in [0.5, 0.6) is 0 Å². The largest absolute Gasteiger partial charge is 0.376 e. The Labute approximate surface area is 99.5 Å². The summed E-state index contributed by atoms with van der Waals surface area (Å²) < 4.78 is 0.729. The summed E-state index contributed by atoms with van der Waals surface area (Å²) in [5, 5.41) is 3.91. The highest BCUT2D eigenvalue weighted by Crippen LogP contribution is 2.32. The molecule has 0 saturated carbocycles. The first-order chi connectivity index (χ1) is 6.00. The molecular weight excluding hydrogens is 295 g/mol. The van der Waals surface area contributed by atoms with E-state index in [1.165, 1.54) is 0 Å². The van der Waals surface area contributed by atoms with E-state index in [9.17, 15) is 0 Å². The Morgan fingerprint density at radius 3 is 2.54 bits per heavy atom. The van der Waals surface area contributed by atoms with Crippen LogP contribution in [0.25, 0.3) is 0 Å². The lowest BCUT2D eigenvalue weighted by molar-refractivity contribution is 1.58. The molecule has 0 amide bonds. The van der Waals surface area contributed by atoms with Crippen molar-refractivity contribution in [3.8, 4) is 0 Å². The molecule has 0 atom stereocenters. The van der Waals surface area contributed by atoms with Crippen molar-refractivity contribution in [1.29, 1.82) is 0 Å². The summed E-state index contributed by atoms with van der Waals surface area (Å²) in [4.78, 5) is 0. The Morgan fingerprint density at radius 2 is 2.00 bits per heavy atom. The number of nitrogens with two attached hydrogens (primary N) is 1. The van der Waals surface area contributed by atoms with Crippen LogP contribution in [-0.2, 0) is 0 Å². The highest BCUT2D eigenvalue weighted by atomic mass is 79.9.